The van der Waals surface area contributed by atoms with Gasteiger partial charge in [-0.1, -0.05) is 5.21 Å². The second kappa shape index (κ2) is 7.86. The zero-order chi connectivity index (χ0) is 21.2. The fourth-order valence-electron chi connectivity index (χ4n) is 2.52. The number of hydrogen-bond donors (Lipinski definition) is 0. The average molecular weight is 421 g/mol. The minimum Gasteiger partial charge on any atom is -0.491 e. The Labute approximate surface area is 169 Å². The van der Waals surface area contributed by atoms with Gasteiger partial charge in [-0.25, -0.2) is 4.68 Å². The summed E-state index contributed by atoms with van der Waals surface area (Å²) in [5.41, 5.74) is 1.18. The van der Waals surface area contributed by atoms with Crippen LogP contribution < -0.4 is 14.2 Å². The fraction of sp³-hybridized carbons (Fsp3) is 0.300. The van der Waals surface area contributed by atoms with Crippen molar-refractivity contribution in [3.8, 4) is 22.9 Å². The van der Waals surface area contributed by atoms with E-state index in [1.807, 2.05) is 31.2 Å². The SMILES string of the molecule is C[C@]1(COc2ccc(-n3cc(COc4ccc(OC(F)(F)F)cc4)nn3)cc2)CO1. The number of nitrogens with zero attached hydrogens (tertiary/aromatic N) is 3. The molecule has 1 aliphatic heterocycles. The van der Waals surface area contributed by atoms with Gasteiger partial charge in [-0.15, -0.1) is 18.3 Å². The van der Waals surface area contributed by atoms with Crippen molar-refractivity contribution in [2.75, 3.05) is 13.2 Å². The number of hydrogen-bond acceptors (Lipinski definition) is 6. The molecule has 7 nitrogen and oxygen atoms in total. The summed E-state index contributed by atoms with van der Waals surface area (Å²) in [6.45, 7) is 3.31. The molecule has 0 amide bonds. The van der Waals surface area contributed by atoms with Crippen LogP contribution in [0.5, 0.6) is 17.2 Å². The van der Waals surface area contributed by atoms with E-state index < -0.39 is 6.36 Å². The van der Waals surface area contributed by atoms with Gasteiger partial charge in [0.05, 0.1) is 18.5 Å². The quantitative estimate of drug-likeness (QED) is 0.514. The molecule has 0 aliphatic carbocycles. The smallest absolute Gasteiger partial charge is 0.491 e. The maximum Gasteiger partial charge on any atom is 0.573 e. The Morgan fingerprint density at radius 1 is 1.00 bits per heavy atom. The summed E-state index contributed by atoms with van der Waals surface area (Å²) in [6, 6.07) is 12.5. The number of rotatable bonds is 8. The van der Waals surface area contributed by atoms with Crippen LogP contribution >= 0.6 is 0 Å². The van der Waals surface area contributed by atoms with Crippen LogP contribution in [0.1, 0.15) is 12.6 Å². The molecule has 1 atom stereocenters. The Bertz CT molecular complexity index is 984. The number of halogens is 3. The minimum atomic E-state index is -4.73. The average Bonchev–Trinajstić information content (AvgIpc) is 3.26. The maximum atomic E-state index is 12.2. The van der Waals surface area contributed by atoms with Crippen molar-refractivity contribution in [3.63, 3.8) is 0 Å². The number of aromatic nitrogens is 3. The van der Waals surface area contributed by atoms with E-state index in [0.29, 0.717) is 24.7 Å². The van der Waals surface area contributed by atoms with Gasteiger partial charge in [-0.05, 0) is 55.5 Å². The van der Waals surface area contributed by atoms with E-state index in [4.69, 9.17) is 14.2 Å². The zero-order valence-corrected chi connectivity index (χ0v) is 15.9. The largest absolute Gasteiger partial charge is 0.573 e. The summed E-state index contributed by atoms with van der Waals surface area (Å²) >= 11 is 0. The molecular weight excluding hydrogens is 403 g/mol. The second-order valence-corrected chi connectivity index (χ2v) is 6.98. The number of epoxide rings is 1. The molecule has 0 bridgehead atoms. The highest BCUT2D eigenvalue weighted by molar-refractivity contribution is 5.37. The van der Waals surface area contributed by atoms with Gasteiger partial charge in [0.2, 0.25) is 0 Å². The van der Waals surface area contributed by atoms with Crippen molar-refractivity contribution in [2.24, 2.45) is 0 Å². The summed E-state index contributed by atoms with van der Waals surface area (Å²) in [7, 11) is 0. The van der Waals surface area contributed by atoms with Crippen LogP contribution in [-0.2, 0) is 11.3 Å². The van der Waals surface area contributed by atoms with Crippen LogP contribution in [-0.4, -0.2) is 40.2 Å². The molecule has 158 valence electrons. The van der Waals surface area contributed by atoms with Gasteiger partial charge in [0.1, 0.15) is 41.8 Å². The van der Waals surface area contributed by atoms with E-state index in [1.54, 1.807) is 10.9 Å². The third-order valence-electron chi connectivity index (χ3n) is 4.27. The van der Waals surface area contributed by atoms with Gasteiger partial charge < -0.3 is 18.9 Å². The molecule has 2 heterocycles. The predicted octanol–water partition coefficient (Wildman–Crippen LogP) is 3.91. The topological polar surface area (TPSA) is 70.9 Å². The van der Waals surface area contributed by atoms with Crippen LogP contribution in [0, 0.1) is 0 Å². The molecule has 30 heavy (non-hydrogen) atoms. The highest BCUT2D eigenvalue weighted by atomic mass is 19.4. The molecule has 4 rings (SSSR count). The third kappa shape index (κ3) is 5.41. The third-order valence-corrected chi connectivity index (χ3v) is 4.27. The Kier molecular flexibility index (Phi) is 5.25. The first-order valence-electron chi connectivity index (χ1n) is 9.05. The highest BCUT2D eigenvalue weighted by Crippen LogP contribution is 2.27. The van der Waals surface area contributed by atoms with Crippen molar-refractivity contribution < 1.29 is 32.1 Å². The lowest BCUT2D eigenvalue weighted by molar-refractivity contribution is -0.274. The normalized spacial score (nSPS) is 18.1. The van der Waals surface area contributed by atoms with Crippen LogP contribution in [0.15, 0.2) is 54.7 Å². The van der Waals surface area contributed by atoms with Gasteiger partial charge in [-0.2, -0.15) is 0 Å². The lowest BCUT2D eigenvalue weighted by Gasteiger charge is -2.09. The molecular formula is C20H18F3N3O4. The Hall–Kier alpha value is -3.27. The molecule has 3 aromatic rings. The molecule has 0 unspecified atom stereocenters. The van der Waals surface area contributed by atoms with E-state index in [9.17, 15) is 13.2 Å². The summed E-state index contributed by atoms with van der Waals surface area (Å²) in [5, 5.41) is 8.10. The maximum absolute atomic E-state index is 12.2. The lowest BCUT2D eigenvalue weighted by atomic mass is 10.2. The molecule has 10 heteroatoms. The predicted molar refractivity (Wildman–Crippen MR) is 98.7 cm³/mol. The zero-order valence-electron chi connectivity index (χ0n) is 15.9. The minimum absolute atomic E-state index is 0.110. The van der Waals surface area contributed by atoms with E-state index in [-0.39, 0.29) is 18.0 Å². The fourth-order valence-corrected chi connectivity index (χ4v) is 2.52. The van der Waals surface area contributed by atoms with Crippen LogP contribution in [0.25, 0.3) is 5.69 Å². The molecule has 1 aliphatic rings. The summed E-state index contributed by atoms with van der Waals surface area (Å²) < 4.78 is 58.5. The Balaban J connectivity index is 1.30. The first-order chi connectivity index (χ1) is 14.3. The lowest BCUT2D eigenvalue weighted by Crippen LogP contribution is -2.16. The van der Waals surface area contributed by atoms with E-state index in [0.717, 1.165) is 11.4 Å². The van der Waals surface area contributed by atoms with Crippen molar-refractivity contribution in [2.45, 2.75) is 25.5 Å². The van der Waals surface area contributed by atoms with E-state index in [2.05, 4.69) is 15.0 Å². The Morgan fingerprint density at radius 3 is 2.23 bits per heavy atom. The number of ether oxygens (including phenoxy) is 4. The van der Waals surface area contributed by atoms with Crippen molar-refractivity contribution in [3.05, 3.63) is 60.4 Å². The first kappa shape index (κ1) is 20.0. The molecule has 0 saturated carbocycles. The number of benzene rings is 2. The summed E-state index contributed by atoms with van der Waals surface area (Å²) in [4.78, 5) is 0. The summed E-state index contributed by atoms with van der Waals surface area (Å²) in [6.07, 6.45) is -3.02. The molecule has 0 N–H and O–H groups in total. The van der Waals surface area contributed by atoms with E-state index >= 15 is 0 Å². The molecule has 0 spiro atoms. The second-order valence-electron chi connectivity index (χ2n) is 6.98. The van der Waals surface area contributed by atoms with Crippen molar-refractivity contribution >= 4 is 0 Å². The van der Waals surface area contributed by atoms with Gasteiger partial charge in [0, 0.05) is 0 Å². The van der Waals surface area contributed by atoms with Gasteiger partial charge >= 0.3 is 6.36 Å². The standard InChI is InChI=1S/C20H18F3N3O4/c1-19(13-29-19)12-28-17-4-2-15(3-5-17)26-10-14(24-25-26)11-27-16-6-8-18(9-7-16)30-20(21,22)23/h2-10H,11-13H2,1H3/t19-/m0/s1. The van der Waals surface area contributed by atoms with Gasteiger partial charge in [0.15, 0.2) is 0 Å². The number of alkyl halides is 3. The van der Waals surface area contributed by atoms with Crippen LogP contribution in [0.2, 0.25) is 0 Å². The van der Waals surface area contributed by atoms with Crippen molar-refractivity contribution in [1.29, 1.82) is 0 Å². The van der Waals surface area contributed by atoms with Crippen LogP contribution in [0.3, 0.4) is 0 Å². The highest BCUT2D eigenvalue weighted by Gasteiger charge is 2.40. The first-order valence-corrected chi connectivity index (χ1v) is 9.05. The van der Waals surface area contributed by atoms with Crippen molar-refractivity contribution in [1.82, 2.24) is 15.0 Å². The molecule has 1 aromatic heterocycles. The summed E-state index contributed by atoms with van der Waals surface area (Å²) in [5.74, 6) is 0.804. The van der Waals surface area contributed by atoms with Gasteiger partial charge in [-0.3, -0.25) is 0 Å². The molecule has 0 radical (unpaired) electrons. The Morgan fingerprint density at radius 2 is 1.60 bits per heavy atom. The van der Waals surface area contributed by atoms with Gasteiger partial charge in [0.25, 0.3) is 0 Å². The van der Waals surface area contributed by atoms with Crippen LogP contribution in [0.4, 0.5) is 13.2 Å². The molecule has 2 aromatic carbocycles. The molecule has 1 saturated heterocycles. The van der Waals surface area contributed by atoms with E-state index in [1.165, 1.54) is 24.3 Å². The molecule has 1 fully saturated rings. The monoisotopic (exact) mass is 421 g/mol.